The van der Waals surface area contributed by atoms with E-state index in [-0.39, 0.29) is 11.9 Å². The van der Waals surface area contributed by atoms with Gasteiger partial charge in [0.25, 0.3) is 0 Å². The molecule has 0 bridgehead atoms. The van der Waals surface area contributed by atoms with Gasteiger partial charge >= 0.3 is 0 Å². The summed E-state index contributed by atoms with van der Waals surface area (Å²) in [6.45, 7) is 4.81. The highest BCUT2D eigenvalue weighted by atomic mass is 127. The Morgan fingerprint density at radius 1 is 1.24 bits per heavy atom. The molecule has 0 spiro atoms. The molecule has 0 aliphatic heterocycles. The molecule has 0 aliphatic carbocycles. The summed E-state index contributed by atoms with van der Waals surface area (Å²) in [7, 11) is 0. The summed E-state index contributed by atoms with van der Waals surface area (Å²) >= 11 is 8.46. The summed E-state index contributed by atoms with van der Waals surface area (Å²) in [6, 6.07) is 11.2. The fraction of sp³-hybridized carbons (Fsp3) is 0.294. The van der Waals surface area contributed by atoms with E-state index in [2.05, 4.69) is 34.8 Å². The van der Waals surface area contributed by atoms with E-state index in [1.807, 2.05) is 30.3 Å². The smallest absolute Gasteiger partial charge is 0.126 e. The summed E-state index contributed by atoms with van der Waals surface area (Å²) in [6.07, 6.45) is 1.04. The minimum absolute atomic E-state index is 0.0230. The van der Waals surface area contributed by atoms with Gasteiger partial charge in [0.2, 0.25) is 0 Å². The maximum absolute atomic E-state index is 13.5. The second kappa shape index (κ2) is 7.56. The van der Waals surface area contributed by atoms with Crippen molar-refractivity contribution in [2.75, 3.05) is 6.54 Å². The minimum atomic E-state index is -0.172. The van der Waals surface area contributed by atoms with Gasteiger partial charge in [0.15, 0.2) is 0 Å². The van der Waals surface area contributed by atoms with Crippen LogP contribution in [-0.4, -0.2) is 6.54 Å². The first-order valence-electron chi connectivity index (χ1n) is 6.97. The molecular weight excluding hydrogens is 400 g/mol. The minimum Gasteiger partial charge on any atom is -0.306 e. The van der Waals surface area contributed by atoms with E-state index in [9.17, 15) is 4.39 Å². The van der Waals surface area contributed by atoms with Crippen molar-refractivity contribution in [2.45, 2.75) is 26.3 Å². The van der Waals surface area contributed by atoms with Gasteiger partial charge in [-0.05, 0) is 83.4 Å². The topological polar surface area (TPSA) is 12.0 Å². The Balaban J connectivity index is 2.46. The molecule has 0 radical (unpaired) electrons. The number of hydrogen-bond donors (Lipinski definition) is 1. The van der Waals surface area contributed by atoms with Gasteiger partial charge in [-0.1, -0.05) is 30.7 Å². The van der Waals surface area contributed by atoms with Crippen LogP contribution in [0.4, 0.5) is 4.39 Å². The summed E-state index contributed by atoms with van der Waals surface area (Å²) in [5.74, 6) is -0.172. The normalized spacial score (nSPS) is 12.4. The molecule has 2 aromatic rings. The van der Waals surface area contributed by atoms with Crippen LogP contribution in [0.3, 0.4) is 0 Å². The third kappa shape index (κ3) is 4.18. The third-order valence-corrected chi connectivity index (χ3v) is 4.60. The van der Waals surface area contributed by atoms with Gasteiger partial charge in [-0.3, -0.25) is 0 Å². The lowest BCUT2D eigenvalue weighted by molar-refractivity contribution is 0.588. The van der Waals surface area contributed by atoms with Crippen molar-refractivity contribution in [3.63, 3.8) is 0 Å². The van der Waals surface area contributed by atoms with Crippen molar-refractivity contribution in [1.29, 1.82) is 0 Å². The number of hydrogen-bond acceptors (Lipinski definition) is 1. The van der Waals surface area contributed by atoms with E-state index in [1.54, 1.807) is 6.92 Å². The first-order chi connectivity index (χ1) is 10.0. The van der Waals surface area contributed by atoms with Crippen molar-refractivity contribution in [1.82, 2.24) is 5.32 Å². The quantitative estimate of drug-likeness (QED) is 0.635. The lowest BCUT2D eigenvalue weighted by atomic mass is 9.97. The SMILES string of the molecule is CCCNC(c1ccc(F)c(C)c1)c1cc(Cl)ccc1I. The first kappa shape index (κ1) is 16.7. The Labute approximate surface area is 144 Å². The molecule has 112 valence electrons. The molecule has 0 aromatic heterocycles. The summed E-state index contributed by atoms with van der Waals surface area (Å²) < 4.78 is 14.7. The van der Waals surface area contributed by atoms with Crippen LogP contribution in [-0.2, 0) is 0 Å². The average molecular weight is 418 g/mol. The molecule has 0 aliphatic rings. The highest BCUT2D eigenvalue weighted by Gasteiger charge is 2.17. The van der Waals surface area contributed by atoms with Crippen LogP contribution in [0.1, 0.15) is 36.1 Å². The zero-order chi connectivity index (χ0) is 15.4. The molecule has 2 rings (SSSR count). The molecule has 0 amide bonds. The molecule has 21 heavy (non-hydrogen) atoms. The van der Waals surface area contributed by atoms with Crippen LogP contribution in [0.5, 0.6) is 0 Å². The van der Waals surface area contributed by atoms with Crippen LogP contribution < -0.4 is 5.32 Å². The Kier molecular flexibility index (Phi) is 6.02. The van der Waals surface area contributed by atoms with E-state index in [0.717, 1.165) is 27.7 Å². The number of benzene rings is 2. The molecule has 1 N–H and O–H groups in total. The van der Waals surface area contributed by atoms with Crippen LogP contribution in [0.25, 0.3) is 0 Å². The maximum Gasteiger partial charge on any atom is 0.126 e. The van der Waals surface area contributed by atoms with Crippen molar-refractivity contribution >= 4 is 34.2 Å². The van der Waals surface area contributed by atoms with Crippen LogP contribution in [0.2, 0.25) is 5.02 Å². The van der Waals surface area contributed by atoms with Gasteiger partial charge < -0.3 is 5.32 Å². The van der Waals surface area contributed by atoms with E-state index in [0.29, 0.717) is 10.6 Å². The molecule has 0 saturated carbocycles. The van der Waals surface area contributed by atoms with Gasteiger partial charge in [-0.2, -0.15) is 0 Å². The van der Waals surface area contributed by atoms with E-state index in [4.69, 9.17) is 11.6 Å². The second-order valence-corrected chi connectivity index (χ2v) is 6.66. The zero-order valence-corrected chi connectivity index (χ0v) is 15.0. The van der Waals surface area contributed by atoms with Crippen molar-refractivity contribution in [3.05, 3.63) is 67.5 Å². The Hall–Kier alpha value is -0.650. The van der Waals surface area contributed by atoms with Crippen molar-refractivity contribution in [3.8, 4) is 0 Å². The molecule has 4 heteroatoms. The van der Waals surface area contributed by atoms with E-state index in [1.165, 1.54) is 6.07 Å². The summed E-state index contributed by atoms with van der Waals surface area (Å²) in [5, 5.41) is 4.25. The highest BCUT2D eigenvalue weighted by molar-refractivity contribution is 14.1. The average Bonchev–Trinajstić information content (AvgIpc) is 2.46. The van der Waals surface area contributed by atoms with Crippen LogP contribution in [0.15, 0.2) is 36.4 Å². The Bertz CT molecular complexity index is 630. The Morgan fingerprint density at radius 2 is 2.00 bits per heavy atom. The van der Waals surface area contributed by atoms with Gasteiger partial charge in [0.05, 0.1) is 6.04 Å². The zero-order valence-electron chi connectivity index (χ0n) is 12.1. The molecule has 1 unspecified atom stereocenters. The molecule has 2 aromatic carbocycles. The number of aryl methyl sites for hydroxylation is 1. The third-order valence-electron chi connectivity index (χ3n) is 3.38. The fourth-order valence-corrected chi connectivity index (χ4v) is 3.11. The molecule has 0 heterocycles. The lowest BCUT2D eigenvalue weighted by Gasteiger charge is -2.22. The summed E-state index contributed by atoms with van der Waals surface area (Å²) in [4.78, 5) is 0. The predicted octanol–water partition coefficient (Wildman–Crippen LogP) is 5.48. The number of nitrogens with one attached hydrogen (secondary N) is 1. The fourth-order valence-electron chi connectivity index (χ4n) is 2.28. The van der Waals surface area contributed by atoms with Gasteiger partial charge in [0.1, 0.15) is 5.82 Å². The lowest BCUT2D eigenvalue weighted by Crippen LogP contribution is -2.24. The highest BCUT2D eigenvalue weighted by Crippen LogP contribution is 2.29. The molecule has 1 atom stereocenters. The monoisotopic (exact) mass is 417 g/mol. The maximum atomic E-state index is 13.5. The largest absolute Gasteiger partial charge is 0.306 e. The van der Waals surface area contributed by atoms with E-state index < -0.39 is 0 Å². The molecule has 1 nitrogen and oxygen atoms in total. The number of rotatable bonds is 5. The first-order valence-corrected chi connectivity index (χ1v) is 8.43. The molecular formula is C17H18ClFIN. The molecule has 0 fully saturated rings. The standard InChI is InChI=1S/C17H18ClFIN/c1-3-8-21-17(12-4-6-15(19)11(2)9-12)14-10-13(18)5-7-16(14)20/h4-7,9-10,17,21H,3,8H2,1-2H3. The molecule has 0 saturated heterocycles. The predicted molar refractivity (Wildman–Crippen MR) is 95.4 cm³/mol. The summed E-state index contributed by atoms with van der Waals surface area (Å²) in [5.41, 5.74) is 2.85. The van der Waals surface area contributed by atoms with Crippen LogP contribution >= 0.6 is 34.2 Å². The van der Waals surface area contributed by atoms with Crippen molar-refractivity contribution in [2.24, 2.45) is 0 Å². The van der Waals surface area contributed by atoms with Gasteiger partial charge in [-0.25, -0.2) is 4.39 Å². The van der Waals surface area contributed by atoms with Gasteiger partial charge in [0, 0.05) is 8.59 Å². The second-order valence-electron chi connectivity index (χ2n) is 5.06. The van der Waals surface area contributed by atoms with Gasteiger partial charge in [-0.15, -0.1) is 0 Å². The Morgan fingerprint density at radius 3 is 2.67 bits per heavy atom. The number of halogens is 3. The van der Waals surface area contributed by atoms with Crippen LogP contribution in [0, 0.1) is 16.3 Å². The van der Waals surface area contributed by atoms with E-state index >= 15 is 0 Å². The van der Waals surface area contributed by atoms with Crippen molar-refractivity contribution < 1.29 is 4.39 Å².